The van der Waals surface area contributed by atoms with Gasteiger partial charge in [-0.05, 0) is 47.0 Å². The maximum Gasteiger partial charge on any atom is 0.200 e. The Morgan fingerprint density at radius 2 is 1.85 bits per heavy atom. The van der Waals surface area contributed by atoms with Crippen molar-refractivity contribution in [2.75, 3.05) is 19.7 Å². The average molecular weight is 464 g/mol. The third-order valence-electron chi connectivity index (χ3n) is 8.41. The molecule has 0 radical (unpaired) electrons. The molecule has 4 rings (SSSR count). The monoisotopic (exact) mass is 463 g/mol. The van der Waals surface area contributed by atoms with Gasteiger partial charge in [0.1, 0.15) is 0 Å². The lowest BCUT2D eigenvalue weighted by atomic mass is 9.80. The standard InChI is InChI=1S/C28H41N3OSi/c1-19(2)33(20(3)4,21(5)6)32-16-13-23-18-31-15-12-25-24-9-7-8-10-26(24)30-28(25)27(31)17-22(23)11-14-29/h7-10,13,19-22,27,30H,11-12,15-18H2,1-6H3/b23-13-/t22-,27-/m1/s1. The Balaban J connectivity index is 1.56. The van der Waals surface area contributed by atoms with Crippen LogP contribution in [0.25, 0.3) is 10.9 Å². The Bertz CT molecular complexity index is 1020. The minimum Gasteiger partial charge on any atom is -0.412 e. The number of aromatic nitrogens is 1. The van der Waals surface area contributed by atoms with Crippen LogP contribution in [0.5, 0.6) is 0 Å². The van der Waals surface area contributed by atoms with Gasteiger partial charge in [-0.3, -0.25) is 4.90 Å². The molecule has 1 aromatic heterocycles. The molecule has 2 aliphatic heterocycles. The fraction of sp³-hybridized carbons (Fsp3) is 0.607. The number of rotatable bonds is 7. The summed E-state index contributed by atoms with van der Waals surface area (Å²) >= 11 is 0. The van der Waals surface area contributed by atoms with Crippen LogP contribution < -0.4 is 0 Å². The van der Waals surface area contributed by atoms with Gasteiger partial charge in [-0.1, -0.05) is 71.4 Å². The van der Waals surface area contributed by atoms with Crippen LogP contribution in [-0.2, 0) is 10.8 Å². The highest BCUT2D eigenvalue weighted by atomic mass is 28.4. The van der Waals surface area contributed by atoms with E-state index in [0.29, 0.717) is 41.6 Å². The van der Waals surface area contributed by atoms with E-state index in [2.05, 4.69) is 87.8 Å². The van der Waals surface area contributed by atoms with Crippen LogP contribution in [0, 0.1) is 17.2 Å². The number of aromatic amines is 1. The summed E-state index contributed by atoms with van der Waals surface area (Å²) in [5, 5.41) is 11.0. The quantitative estimate of drug-likeness (QED) is 0.351. The highest BCUT2D eigenvalue weighted by Crippen LogP contribution is 2.45. The first kappa shape index (κ1) is 24.3. The summed E-state index contributed by atoms with van der Waals surface area (Å²) in [6.07, 6.45) is 5.04. The Hall–Kier alpha value is -1.87. The highest BCUT2D eigenvalue weighted by molar-refractivity contribution is 6.77. The molecule has 4 nitrogen and oxygen atoms in total. The molecular weight excluding hydrogens is 422 g/mol. The fourth-order valence-electron chi connectivity index (χ4n) is 6.96. The molecule has 0 amide bonds. The van der Waals surface area contributed by atoms with Gasteiger partial charge in [-0.2, -0.15) is 5.26 Å². The zero-order chi connectivity index (χ0) is 23.8. The van der Waals surface area contributed by atoms with Crippen molar-refractivity contribution < 1.29 is 4.43 Å². The number of benzene rings is 1. The molecular formula is C28H41N3OSi. The Kier molecular flexibility index (Phi) is 7.19. The lowest BCUT2D eigenvalue weighted by Gasteiger charge is -2.44. The van der Waals surface area contributed by atoms with Crippen LogP contribution in [0.3, 0.4) is 0 Å². The number of hydrogen-bond acceptors (Lipinski definition) is 3. The van der Waals surface area contributed by atoms with E-state index in [9.17, 15) is 5.26 Å². The average Bonchev–Trinajstić information content (AvgIpc) is 3.15. The van der Waals surface area contributed by atoms with Crippen LogP contribution in [0.1, 0.15) is 71.7 Å². The second-order valence-electron chi connectivity index (χ2n) is 11.0. The molecule has 2 aromatic rings. The molecule has 0 bridgehead atoms. The predicted molar refractivity (Wildman–Crippen MR) is 140 cm³/mol. The summed E-state index contributed by atoms with van der Waals surface area (Å²) in [7, 11) is -1.88. The van der Waals surface area contributed by atoms with Crippen molar-refractivity contribution in [1.29, 1.82) is 5.26 Å². The van der Waals surface area contributed by atoms with Gasteiger partial charge in [0, 0.05) is 36.1 Å². The number of nitrogens with one attached hydrogen (secondary N) is 1. The summed E-state index contributed by atoms with van der Waals surface area (Å²) in [6, 6.07) is 11.5. The highest BCUT2D eigenvalue weighted by Gasteiger charge is 2.45. The number of nitrogens with zero attached hydrogens (tertiary/aromatic N) is 2. The SMILES string of the molecule is CC(C)[Si](OC/C=C1/CN2CCc3c([nH]c4ccccc34)[C@H]2C[C@H]1CC#N)(C(C)C)C(C)C. The van der Waals surface area contributed by atoms with E-state index in [1.165, 1.54) is 27.7 Å². The largest absolute Gasteiger partial charge is 0.412 e. The van der Waals surface area contributed by atoms with Crippen LogP contribution >= 0.6 is 0 Å². The van der Waals surface area contributed by atoms with Crippen LogP contribution in [0.4, 0.5) is 0 Å². The van der Waals surface area contributed by atoms with E-state index in [-0.39, 0.29) is 0 Å². The Morgan fingerprint density at radius 3 is 2.52 bits per heavy atom. The van der Waals surface area contributed by atoms with E-state index in [0.717, 1.165) is 25.9 Å². The summed E-state index contributed by atoms with van der Waals surface area (Å²) < 4.78 is 6.83. The summed E-state index contributed by atoms with van der Waals surface area (Å²) in [6.45, 7) is 16.8. The van der Waals surface area contributed by atoms with Crippen molar-refractivity contribution in [3.63, 3.8) is 0 Å². The van der Waals surface area contributed by atoms with E-state index in [4.69, 9.17) is 4.43 Å². The zero-order valence-electron chi connectivity index (χ0n) is 21.3. The molecule has 1 aromatic carbocycles. The van der Waals surface area contributed by atoms with Crippen molar-refractivity contribution in [3.8, 4) is 6.07 Å². The predicted octanol–water partition coefficient (Wildman–Crippen LogP) is 7.12. The van der Waals surface area contributed by atoms with Crippen molar-refractivity contribution >= 4 is 19.2 Å². The number of H-pyrrole nitrogens is 1. The van der Waals surface area contributed by atoms with Crippen molar-refractivity contribution in [2.24, 2.45) is 5.92 Å². The van der Waals surface area contributed by atoms with Gasteiger partial charge in [0.25, 0.3) is 0 Å². The third kappa shape index (κ3) is 4.34. The molecule has 5 heteroatoms. The summed E-state index contributed by atoms with van der Waals surface area (Å²) in [5.74, 6) is 0.311. The molecule has 1 N–H and O–H groups in total. The van der Waals surface area contributed by atoms with E-state index < -0.39 is 8.32 Å². The van der Waals surface area contributed by atoms with Crippen molar-refractivity contribution in [2.45, 2.75) is 83.5 Å². The number of fused-ring (bicyclic) bond motifs is 5. The fourth-order valence-corrected chi connectivity index (χ4v) is 12.3. The van der Waals surface area contributed by atoms with E-state index in [1.54, 1.807) is 0 Å². The van der Waals surface area contributed by atoms with E-state index in [1.807, 2.05) is 0 Å². The first-order chi connectivity index (χ1) is 15.8. The number of piperidine rings is 1. The van der Waals surface area contributed by atoms with Gasteiger partial charge in [-0.15, -0.1) is 0 Å². The first-order valence-corrected chi connectivity index (χ1v) is 15.0. The van der Waals surface area contributed by atoms with Gasteiger partial charge < -0.3 is 9.41 Å². The van der Waals surface area contributed by atoms with Gasteiger partial charge in [0.2, 0.25) is 8.32 Å². The van der Waals surface area contributed by atoms with Crippen LogP contribution in [0.2, 0.25) is 16.6 Å². The van der Waals surface area contributed by atoms with E-state index >= 15 is 0 Å². The minimum absolute atomic E-state index is 0.311. The second kappa shape index (κ2) is 9.78. The number of hydrogen-bond donors (Lipinski definition) is 1. The summed E-state index contributed by atoms with van der Waals surface area (Å²) in [5.41, 5.74) is 7.28. The normalized spacial score (nSPS) is 22.8. The number of nitriles is 1. The van der Waals surface area contributed by atoms with Gasteiger partial charge >= 0.3 is 0 Å². The lowest BCUT2D eigenvalue weighted by molar-refractivity contribution is 0.138. The molecule has 1 saturated heterocycles. The van der Waals surface area contributed by atoms with Gasteiger partial charge in [0.05, 0.1) is 18.7 Å². The molecule has 2 atom stereocenters. The molecule has 2 aliphatic rings. The Morgan fingerprint density at radius 1 is 1.15 bits per heavy atom. The van der Waals surface area contributed by atoms with Crippen molar-refractivity contribution in [3.05, 3.63) is 47.2 Å². The zero-order valence-corrected chi connectivity index (χ0v) is 22.3. The third-order valence-corrected chi connectivity index (χ3v) is 14.5. The molecule has 178 valence electrons. The second-order valence-corrected chi connectivity index (χ2v) is 16.5. The van der Waals surface area contributed by atoms with Crippen LogP contribution in [0.15, 0.2) is 35.9 Å². The van der Waals surface area contributed by atoms with Crippen LogP contribution in [-0.4, -0.2) is 37.9 Å². The van der Waals surface area contributed by atoms with Crippen molar-refractivity contribution in [1.82, 2.24) is 9.88 Å². The summed E-state index contributed by atoms with van der Waals surface area (Å²) in [4.78, 5) is 6.35. The topological polar surface area (TPSA) is 52.0 Å². The molecule has 0 unspecified atom stereocenters. The van der Waals surface area contributed by atoms with Gasteiger partial charge in [0.15, 0.2) is 0 Å². The minimum atomic E-state index is -1.88. The maximum absolute atomic E-state index is 9.59. The molecule has 0 aliphatic carbocycles. The smallest absolute Gasteiger partial charge is 0.200 e. The maximum atomic E-state index is 9.59. The Labute approximate surface area is 201 Å². The molecule has 1 fully saturated rings. The molecule has 0 saturated carbocycles. The lowest BCUT2D eigenvalue weighted by Crippen LogP contribution is -2.48. The molecule has 33 heavy (non-hydrogen) atoms. The number of para-hydroxylation sites is 1. The molecule has 3 heterocycles. The van der Waals surface area contributed by atoms with Gasteiger partial charge in [-0.25, -0.2) is 0 Å². The molecule has 0 spiro atoms. The first-order valence-electron chi connectivity index (χ1n) is 12.8.